The summed E-state index contributed by atoms with van der Waals surface area (Å²) in [5.41, 5.74) is 4.78. The molecule has 0 bridgehead atoms. The Morgan fingerprint density at radius 2 is 2.24 bits per heavy atom. The van der Waals surface area contributed by atoms with Crippen molar-refractivity contribution in [2.24, 2.45) is 7.05 Å². The lowest BCUT2D eigenvalue weighted by molar-refractivity contribution is 0.0515. The van der Waals surface area contributed by atoms with E-state index in [4.69, 9.17) is 4.74 Å². The molecule has 0 unspecified atom stereocenters. The molecule has 1 aliphatic heterocycles. The highest BCUT2D eigenvalue weighted by molar-refractivity contribution is 5.89. The van der Waals surface area contributed by atoms with Crippen LogP contribution in [0.5, 0.6) is 0 Å². The molecule has 7 heteroatoms. The fourth-order valence-electron chi connectivity index (χ4n) is 3.36. The summed E-state index contributed by atoms with van der Waals surface area (Å²) in [6, 6.07) is 0. The number of aromatic nitrogens is 4. The van der Waals surface area contributed by atoms with E-state index in [0.29, 0.717) is 25.4 Å². The number of nitrogens with zero attached hydrogens (tertiary/aromatic N) is 5. The third kappa shape index (κ3) is 3.51. The number of allylic oxidation sites excluding steroid dienone is 1. The highest BCUT2D eigenvalue weighted by Crippen LogP contribution is 2.25. The molecular formula is C18H25N5O2. The van der Waals surface area contributed by atoms with Gasteiger partial charge in [0.25, 0.3) is 0 Å². The van der Waals surface area contributed by atoms with Crippen molar-refractivity contribution in [3.05, 3.63) is 47.1 Å². The van der Waals surface area contributed by atoms with Gasteiger partial charge in [-0.15, -0.1) is 6.58 Å². The fourth-order valence-corrected chi connectivity index (χ4v) is 3.36. The molecule has 0 amide bonds. The smallest absolute Gasteiger partial charge is 0.359 e. The standard InChI is InChI=1S/C18H25N5O2/c1-5-8-23-16-7-9-22(11-14-10-21(4)19-13(14)3)12-15(16)17(20-23)18(24)25-6-2/h5,10H,1,6-9,11-12H2,2-4H3. The molecule has 0 aromatic carbocycles. The molecule has 3 rings (SSSR count). The van der Waals surface area contributed by atoms with Crippen molar-refractivity contribution >= 4 is 5.97 Å². The van der Waals surface area contributed by atoms with E-state index in [1.54, 1.807) is 6.08 Å². The number of carbonyl (C=O) groups is 1. The van der Waals surface area contributed by atoms with Crippen molar-refractivity contribution in [2.75, 3.05) is 13.2 Å². The topological polar surface area (TPSA) is 65.2 Å². The van der Waals surface area contributed by atoms with Gasteiger partial charge in [0.2, 0.25) is 0 Å². The number of hydrogen-bond acceptors (Lipinski definition) is 5. The summed E-state index contributed by atoms with van der Waals surface area (Å²) in [7, 11) is 1.93. The molecule has 2 aromatic heterocycles. The molecule has 2 aromatic rings. The van der Waals surface area contributed by atoms with E-state index >= 15 is 0 Å². The Morgan fingerprint density at radius 1 is 1.44 bits per heavy atom. The lowest BCUT2D eigenvalue weighted by Gasteiger charge is -2.27. The summed E-state index contributed by atoms with van der Waals surface area (Å²) in [4.78, 5) is 14.6. The maximum Gasteiger partial charge on any atom is 0.359 e. The quantitative estimate of drug-likeness (QED) is 0.591. The van der Waals surface area contributed by atoms with E-state index < -0.39 is 0 Å². The molecule has 0 atom stereocenters. The van der Waals surface area contributed by atoms with Crippen molar-refractivity contribution in [3.8, 4) is 0 Å². The monoisotopic (exact) mass is 343 g/mol. The van der Waals surface area contributed by atoms with E-state index in [2.05, 4.69) is 27.9 Å². The summed E-state index contributed by atoms with van der Waals surface area (Å²) in [6.45, 7) is 11.0. The number of aryl methyl sites for hydroxylation is 2. The highest BCUT2D eigenvalue weighted by atomic mass is 16.5. The van der Waals surface area contributed by atoms with E-state index in [9.17, 15) is 4.79 Å². The first-order valence-electron chi connectivity index (χ1n) is 8.61. The molecular weight excluding hydrogens is 318 g/mol. The number of hydrogen-bond donors (Lipinski definition) is 0. The second-order valence-electron chi connectivity index (χ2n) is 6.34. The van der Waals surface area contributed by atoms with E-state index in [1.807, 2.05) is 30.3 Å². The van der Waals surface area contributed by atoms with Crippen LogP contribution in [0.15, 0.2) is 18.9 Å². The van der Waals surface area contributed by atoms with Crippen LogP contribution in [0.3, 0.4) is 0 Å². The van der Waals surface area contributed by atoms with Gasteiger partial charge in [-0.2, -0.15) is 10.2 Å². The normalized spacial score (nSPS) is 14.4. The van der Waals surface area contributed by atoms with Crippen molar-refractivity contribution < 1.29 is 9.53 Å². The molecule has 0 spiro atoms. The van der Waals surface area contributed by atoms with Crippen LogP contribution < -0.4 is 0 Å². The Morgan fingerprint density at radius 3 is 2.88 bits per heavy atom. The Bertz CT molecular complexity index is 790. The minimum Gasteiger partial charge on any atom is -0.461 e. The molecule has 7 nitrogen and oxygen atoms in total. The Hall–Kier alpha value is -2.41. The highest BCUT2D eigenvalue weighted by Gasteiger charge is 2.28. The van der Waals surface area contributed by atoms with Crippen molar-refractivity contribution in [1.82, 2.24) is 24.5 Å². The largest absolute Gasteiger partial charge is 0.461 e. The zero-order valence-corrected chi connectivity index (χ0v) is 15.2. The Kier molecular flexibility index (Phi) is 5.03. The molecule has 134 valence electrons. The van der Waals surface area contributed by atoms with Crippen molar-refractivity contribution in [3.63, 3.8) is 0 Å². The third-order valence-corrected chi connectivity index (χ3v) is 4.49. The maximum absolute atomic E-state index is 12.3. The summed E-state index contributed by atoms with van der Waals surface area (Å²) < 4.78 is 8.90. The van der Waals surface area contributed by atoms with Gasteiger partial charge in [0.15, 0.2) is 5.69 Å². The van der Waals surface area contributed by atoms with Gasteiger partial charge < -0.3 is 4.74 Å². The molecule has 1 aliphatic rings. The van der Waals surface area contributed by atoms with Crippen LogP contribution >= 0.6 is 0 Å². The molecule has 3 heterocycles. The fraction of sp³-hybridized carbons (Fsp3) is 0.500. The van der Waals surface area contributed by atoms with Gasteiger partial charge >= 0.3 is 5.97 Å². The zero-order valence-electron chi connectivity index (χ0n) is 15.2. The van der Waals surface area contributed by atoms with Gasteiger partial charge in [-0.05, 0) is 13.8 Å². The summed E-state index contributed by atoms with van der Waals surface area (Å²) in [5.74, 6) is -0.346. The predicted molar refractivity (Wildman–Crippen MR) is 94.1 cm³/mol. The summed E-state index contributed by atoms with van der Waals surface area (Å²) in [5, 5.41) is 8.90. The van der Waals surface area contributed by atoms with E-state index in [0.717, 1.165) is 36.5 Å². The number of fused-ring (bicyclic) bond motifs is 1. The van der Waals surface area contributed by atoms with Gasteiger partial charge in [-0.3, -0.25) is 14.3 Å². The van der Waals surface area contributed by atoms with Crippen LogP contribution in [-0.4, -0.2) is 43.6 Å². The van der Waals surface area contributed by atoms with Crippen molar-refractivity contribution in [2.45, 2.75) is 39.9 Å². The van der Waals surface area contributed by atoms with Gasteiger partial charge in [-0.1, -0.05) is 6.08 Å². The Labute approximate surface area is 147 Å². The Balaban J connectivity index is 1.86. The van der Waals surface area contributed by atoms with Crippen LogP contribution in [0.4, 0.5) is 0 Å². The van der Waals surface area contributed by atoms with Crippen LogP contribution in [0.2, 0.25) is 0 Å². The molecule has 0 saturated carbocycles. The van der Waals surface area contributed by atoms with Crippen LogP contribution in [0, 0.1) is 6.92 Å². The number of ether oxygens (including phenoxy) is 1. The molecule has 0 radical (unpaired) electrons. The second kappa shape index (κ2) is 7.23. The average Bonchev–Trinajstić information content (AvgIpc) is 3.08. The SMILES string of the molecule is C=CCn1nc(C(=O)OCC)c2c1CCN(Cc1cn(C)nc1C)C2. The van der Waals surface area contributed by atoms with E-state index in [1.165, 1.54) is 5.56 Å². The first-order chi connectivity index (χ1) is 12.0. The van der Waals surface area contributed by atoms with Crippen LogP contribution in [0.1, 0.15) is 39.9 Å². The predicted octanol–water partition coefficient (Wildman–Crippen LogP) is 1.85. The van der Waals surface area contributed by atoms with Crippen LogP contribution in [0.25, 0.3) is 0 Å². The maximum atomic E-state index is 12.3. The molecule has 0 aliphatic carbocycles. The first-order valence-corrected chi connectivity index (χ1v) is 8.61. The van der Waals surface area contributed by atoms with Gasteiger partial charge in [-0.25, -0.2) is 4.79 Å². The van der Waals surface area contributed by atoms with Crippen molar-refractivity contribution in [1.29, 1.82) is 0 Å². The second-order valence-corrected chi connectivity index (χ2v) is 6.34. The van der Waals surface area contributed by atoms with Gasteiger partial charge in [0.05, 0.1) is 18.8 Å². The number of rotatable bonds is 6. The third-order valence-electron chi connectivity index (χ3n) is 4.49. The lowest BCUT2D eigenvalue weighted by atomic mass is 10.0. The molecule has 25 heavy (non-hydrogen) atoms. The van der Waals surface area contributed by atoms with Gasteiger partial charge in [0, 0.05) is 56.1 Å². The summed E-state index contributed by atoms with van der Waals surface area (Å²) >= 11 is 0. The zero-order chi connectivity index (χ0) is 18.0. The van der Waals surface area contributed by atoms with E-state index in [-0.39, 0.29) is 5.97 Å². The number of carbonyl (C=O) groups excluding carboxylic acids is 1. The average molecular weight is 343 g/mol. The van der Waals surface area contributed by atoms with Gasteiger partial charge in [0.1, 0.15) is 0 Å². The summed E-state index contributed by atoms with van der Waals surface area (Å²) in [6.07, 6.45) is 4.71. The number of esters is 1. The molecule has 0 saturated heterocycles. The first kappa shape index (κ1) is 17.4. The molecule has 0 N–H and O–H groups in total. The minimum atomic E-state index is -0.346. The minimum absolute atomic E-state index is 0.346. The molecule has 0 fully saturated rings. The lowest BCUT2D eigenvalue weighted by Crippen LogP contribution is -2.31. The van der Waals surface area contributed by atoms with Crippen LogP contribution in [-0.2, 0) is 37.8 Å².